The van der Waals surface area contributed by atoms with Crippen LogP contribution in [-0.4, -0.2) is 5.78 Å². The highest BCUT2D eigenvalue weighted by molar-refractivity contribution is 5.85. The first kappa shape index (κ1) is 19.5. The van der Waals surface area contributed by atoms with Gasteiger partial charge in [0.15, 0.2) is 0 Å². The van der Waals surface area contributed by atoms with Crippen LogP contribution < -0.4 is 10.9 Å². The van der Waals surface area contributed by atoms with Crippen LogP contribution in [0.3, 0.4) is 0 Å². The molecule has 29 heavy (non-hydrogen) atoms. The van der Waals surface area contributed by atoms with E-state index in [-0.39, 0.29) is 38.4 Å². The van der Waals surface area contributed by atoms with Crippen LogP contribution in [0.25, 0.3) is 0 Å². The number of Topliss-reactive ketones (excluding diaryl/α,β-unsaturated/α-hetero) is 1. The molecule has 0 saturated heterocycles. The van der Waals surface area contributed by atoms with Crippen molar-refractivity contribution in [2.75, 3.05) is 0 Å². The summed E-state index contributed by atoms with van der Waals surface area (Å²) in [6.45, 7) is 11.6. The van der Waals surface area contributed by atoms with Gasteiger partial charge in [-0.25, -0.2) is 0 Å². The van der Waals surface area contributed by atoms with E-state index in [0.717, 1.165) is 44.1 Å². The molecule has 0 amide bonds. The summed E-state index contributed by atoms with van der Waals surface area (Å²) in [7, 11) is 0. The van der Waals surface area contributed by atoms with Crippen LogP contribution in [0.1, 0.15) is 91.0 Å². The molecule has 0 aliphatic heterocycles. The second-order valence-electron chi connectivity index (χ2n) is 11.8. The number of carbonyl (C=O) groups excluding carboxylic acids is 1. The highest BCUT2D eigenvalue weighted by Gasteiger charge is 2.65. The van der Waals surface area contributed by atoms with Crippen LogP contribution in [-0.2, 0) is 4.79 Å². The van der Waals surface area contributed by atoms with Crippen molar-refractivity contribution in [2.45, 2.75) is 85.5 Å². The van der Waals surface area contributed by atoms with Gasteiger partial charge in [0.05, 0.1) is 0 Å². The minimum atomic E-state index is -0.313. The molecule has 3 nitrogen and oxygen atoms in total. The fourth-order valence-corrected chi connectivity index (χ4v) is 8.60. The van der Waals surface area contributed by atoms with Gasteiger partial charge in [-0.05, 0) is 78.6 Å². The molecule has 3 saturated carbocycles. The van der Waals surface area contributed by atoms with Gasteiger partial charge in [-0.15, -0.1) is 0 Å². The van der Waals surface area contributed by atoms with E-state index < -0.39 is 0 Å². The van der Waals surface area contributed by atoms with E-state index in [4.69, 9.17) is 0 Å². The smallest absolute Gasteiger partial charge is 0.229 e. The van der Waals surface area contributed by atoms with E-state index in [1.807, 2.05) is 0 Å². The standard InChI is InChI=1S/C26H34O3/c1-23(2)20-7-6-18-17(24(20,3)11-10-21(23)28)9-13-25(4)16(8-12-26(18,25)5)15-14-19(27)22(15)29/h6,14,16-17,20H,7-13H2,1-5H3/t16-,17-,20-,24+,25-,26+/m0/s1. The van der Waals surface area contributed by atoms with E-state index in [0.29, 0.717) is 24.0 Å². The normalized spacial score (nSPS) is 46.0. The van der Waals surface area contributed by atoms with Crippen molar-refractivity contribution < 1.29 is 4.79 Å². The first-order valence-corrected chi connectivity index (χ1v) is 11.5. The topological polar surface area (TPSA) is 51.2 Å². The number of hydrogen-bond acceptors (Lipinski definition) is 3. The Morgan fingerprint density at radius 2 is 1.59 bits per heavy atom. The summed E-state index contributed by atoms with van der Waals surface area (Å²) in [6.07, 6.45) is 9.56. The maximum Gasteiger partial charge on any atom is 0.229 e. The minimum Gasteiger partial charge on any atom is -0.299 e. The van der Waals surface area contributed by atoms with Gasteiger partial charge in [-0.2, -0.15) is 0 Å². The lowest BCUT2D eigenvalue weighted by atomic mass is 9.41. The molecule has 4 aliphatic rings. The van der Waals surface area contributed by atoms with E-state index in [2.05, 4.69) is 40.7 Å². The van der Waals surface area contributed by atoms with Crippen molar-refractivity contribution in [2.24, 2.45) is 33.5 Å². The molecule has 5 rings (SSSR count). The third-order valence-electron chi connectivity index (χ3n) is 10.7. The Morgan fingerprint density at radius 3 is 2.24 bits per heavy atom. The van der Waals surface area contributed by atoms with Crippen molar-refractivity contribution in [1.29, 1.82) is 0 Å². The molecule has 1 aromatic rings. The van der Waals surface area contributed by atoms with Crippen LogP contribution in [0.15, 0.2) is 27.3 Å². The third-order valence-corrected chi connectivity index (χ3v) is 10.7. The number of allylic oxidation sites excluding steroid dienone is 2. The summed E-state index contributed by atoms with van der Waals surface area (Å²) in [6, 6.07) is 1.61. The zero-order valence-electron chi connectivity index (χ0n) is 18.6. The molecule has 0 bridgehead atoms. The maximum atomic E-state index is 12.7. The van der Waals surface area contributed by atoms with E-state index in [9.17, 15) is 14.4 Å². The Balaban J connectivity index is 1.57. The molecule has 0 N–H and O–H groups in total. The van der Waals surface area contributed by atoms with Crippen molar-refractivity contribution in [3.05, 3.63) is 43.7 Å². The fourth-order valence-electron chi connectivity index (χ4n) is 8.60. The molecule has 0 heterocycles. The van der Waals surface area contributed by atoms with E-state index in [1.165, 1.54) is 0 Å². The molecule has 0 spiro atoms. The quantitative estimate of drug-likeness (QED) is 0.501. The highest BCUT2D eigenvalue weighted by Crippen LogP contribution is 2.73. The molecule has 156 valence electrons. The third kappa shape index (κ3) is 2.12. The zero-order chi connectivity index (χ0) is 21.0. The van der Waals surface area contributed by atoms with Gasteiger partial charge >= 0.3 is 0 Å². The van der Waals surface area contributed by atoms with Gasteiger partial charge in [0.2, 0.25) is 10.9 Å². The first-order valence-electron chi connectivity index (χ1n) is 11.5. The second kappa shape index (κ2) is 5.59. The Bertz CT molecular complexity index is 1010. The molecule has 4 aliphatic carbocycles. The predicted molar refractivity (Wildman–Crippen MR) is 115 cm³/mol. The summed E-state index contributed by atoms with van der Waals surface area (Å²) in [4.78, 5) is 36.5. The summed E-state index contributed by atoms with van der Waals surface area (Å²) in [5.74, 6) is 1.61. The Kier molecular flexibility index (Phi) is 3.75. The number of fused-ring (bicyclic) bond motifs is 5. The van der Waals surface area contributed by atoms with Gasteiger partial charge < -0.3 is 0 Å². The monoisotopic (exact) mass is 394 g/mol. The van der Waals surface area contributed by atoms with Crippen molar-refractivity contribution in [3.63, 3.8) is 0 Å². The SMILES string of the molecule is CC1(C)C(=O)CC[C@]2(C)[C@H]3CC[C@@]4(C)[C@H](c5cc(=O)c5=O)CC[C@]4(C)C3=CC[C@@H]12. The van der Waals surface area contributed by atoms with Gasteiger partial charge in [-0.3, -0.25) is 14.4 Å². The molecule has 6 atom stereocenters. The van der Waals surface area contributed by atoms with Crippen LogP contribution in [0.5, 0.6) is 0 Å². The number of ketones is 1. The summed E-state index contributed by atoms with van der Waals surface area (Å²) in [5, 5.41) is 0. The molecule has 3 heteroatoms. The molecule has 0 radical (unpaired) electrons. The maximum absolute atomic E-state index is 12.7. The zero-order valence-corrected chi connectivity index (χ0v) is 18.6. The number of hydrogen-bond donors (Lipinski definition) is 0. The van der Waals surface area contributed by atoms with E-state index >= 15 is 0 Å². The van der Waals surface area contributed by atoms with Crippen LogP contribution in [0.4, 0.5) is 0 Å². The lowest BCUT2D eigenvalue weighted by Gasteiger charge is -2.63. The lowest BCUT2D eigenvalue weighted by molar-refractivity contribution is -0.145. The average molecular weight is 395 g/mol. The van der Waals surface area contributed by atoms with Crippen LogP contribution in [0, 0.1) is 33.5 Å². The Labute approximate surface area is 173 Å². The molecular formula is C26H34O3. The highest BCUT2D eigenvalue weighted by atomic mass is 16.2. The Hall–Kier alpha value is -1.51. The number of carbonyl (C=O) groups is 1. The predicted octanol–water partition coefficient (Wildman–Crippen LogP) is 4.92. The van der Waals surface area contributed by atoms with Gasteiger partial charge in [0.25, 0.3) is 0 Å². The minimum absolute atomic E-state index is 0.0424. The molecule has 0 unspecified atom stereocenters. The van der Waals surface area contributed by atoms with Gasteiger partial charge in [-0.1, -0.05) is 46.3 Å². The van der Waals surface area contributed by atoms with Crippen LogP contribution in [0.2, 0.25) is 0 Å². The summed E-state index contributed by atoms with van der Waals surface area (Å²) >= 11 is 0. The number of rotatable bonds is 1. The fraction of sp³-hybridized carbons (Fsp3) is 0.731. The average Bonchev–Trinajstić information content (AvgIpc) is 2.94. The summed E-state index contributed by atoms with van der Waals surface area (Å²) in [5.41, 5.74) is 1.93. The first-order chi connectivity index (χ1) is 13.5. The molecule has 3 fully saturated rings. The molecule has 1 aromatic carbocycles. The van der Waals surface area contributed by atoms with Crippen LogP contribution >= 0.6 is 0 Å². The summed E-state index contributed by atoms with van der Waals surface area (Å²) < 4.78 is 0. The molecular weight excluding hydrogens is 360 g/mol. The van der Waals surface area contributed by atoms with Crippen molar-refractivity contribution in [1.82, 2.24) is 0 Å². The van der Waals surface area contributed by atoms with Gasteiger partial charge in [0, 0.05) is 17.4 Å². The van der Waals surface area contributed by atoms with Crippen molar-refractivity contribution in [3.8, 4) is 0 Å². The van der Waals surface area contributed by atoms with Gasteiger partial charge in [0.1, 0.15) is 5.78 Å². The Morgan fingerprint density at radius 1 is 0.897 bits per heavy atom. The van der Waals surface area contributed by atoms with Crippen molar-refractivity contribution >= 4 is 5.78 Å². The molecule has 0 aromatic heterocycles. The van der Waals surface area contributed by atoms with E-state index in [1.54, 1.807) is 11.6 Å². The second-order valence-corrected chi connectivity index (χ2v) is 11.8. The lowest BCUT2D eigenvalue weighted by Crippen LogP contribution is -2.57. The largest absolute Gasteiger partial charge is 0.299 e.